The lowest BCUT2D eigenvalue weighted by Gasteiger charge is -2.08. The highest BCUT2D eigenvalue weighted by atomic mass is 19.1. The predicted octanol–water partition coefficient (Wildman–Crippen LogP) is 1.91. The topological polar surface area (TPSA) is 42.7 Å². The van der Waals surface area contributed by atoms with Gasteiger partial charge in [0.05, 0.1) is 0 Å². The molecule has 0 bridgehead atoms. The molecule has 2 heterocycles. The molecule has 1 N–H and O–H groups in total. The number of pyridine rings is 1. The molecule has 0 spiro atoms. The van der Waals surface area contributed by atoms with Crippen LogP contribution in [0.3, 0.4) is 0 Å². The van der Waals surface area contributed by atoms with Crippen molar-refractivity contribution < 1.29 is 4.39 Å². The Morgan fingerprint density at radius 2 is 2.29 bits per heavy atom. The maximum absolute atomic E-state index is 14.1. The Bertz CT molecular complexity index is 467. The molecule has 0 amide bonds. The fraction of sp³-hybridized carbons (Fsp3) is 0.333. The van der Waals surface area contributed by atoms with Gasteiger partial charge in [-0.25, -0.2) is 14.1 Å². The highest BCUT2D eigenvalue weighted by Gasteiger charge is 2.10. The van der Waals surface area contributed by atoms with Crippen molar-refractivity contribution >= 4 is 0 Å². The fourth-order valence-electron chi connectivity index (χ4n) is 1.56. The van der Waals surface area contributed by atoms with E-state index in [0.717, 1.165) is 13.0 Å². The summed E-state index contributed by atoms with van der Waals surface area (Å²) in [4.78, 5) is 4.01. The molecule has 2 aromatic rings. The molecule has 0 atom stereocenters. The van der Waals surface area contributed by atoms with Crippen molar-refractivity contribution in [2.24, 2.45) is 0 Å². The molecular weight excluding hydrogens is 219 g/mol. The third-order valence-electron chi connectivity index (χ3n) is 2.41. The molecule has 2 aromatic heterocycles. The zero-order valence-electron chi connectivity index (χ0n) is 9.73. The van der Waals surface area contributed by atoms with Gasteiger partial charge in [0.15, 0.2) is 11.6 Å². The second kappa shape index (κ2) is 5.54. The number of aromatic nitrogens is 3. The molecule has 90 valence electrons. The monoisotopic (exact) mass is 234 g/mol. The normalized spacial score (nSPS) is 10.7. The molecule has 0 radical (unpaired) electrons. The molecule has 0 aromatic carbocycles. The number of nitrogens with zero attached hydrogens (tertiary/aromatic N) is 3. The van der Waals surface area contributed by atoms with Gasteiger partial charge in [-0.2, -0.15) is 5.10 Å². The van der Waals surface area contributed by atoms with Crippen LogP contribution in [-0.2, 0) is 6.54 Å². The van der Waals surface area contributed by atoms with Crippen molar-refractivity contribution in [3.63, 3.8) is 0 Å². The zero-order chi connectivity index (χ0) is 12.1. The van der Waals surface area contributed by atoms with Crippen LogP contribution in [0.5, 0.6) is 0 Å². The Morgan fingerprint density at radius 3 is 3.00 bits per heavy atom. The van der Waals surface area contributed by atoms with Crippen LogP contribution < -0.4 is 5.32 Å². The van der Waals surface area contributed by atoms with Crippen LogP contribution in [0.1, 0.15) is 18.9 Å². The summed E-state index contributed by atoms with van der Waals surface area (Å²) < 4.78 is 15.5. The summed E-state index contributed by atoms with van der Waals surface area (Å²) in [6.45, 7) is 3.46. The molecule has 0 aliphatic heterocycles. The van der Waals surface area contributed by atoms with Gasteiger partial charge >= 0.3 is 0 Å². The van der Waals surface area contributed by atoms with Gasteiger partial charge < -0.3 is 5.32 Å². The summed E-state index contributed by atoms with van der Waals surface area (Å²) in [6, 6.07) is 3.42. The third-order valence-corrected chi connectivity index (χ3v) is 2.41. The number of hydrogen-bond acceptors (Lipinski definition) is 3. The van der Waals surface area contributed by atoms with Gasteiger partial charge in [0.2, 0.25) is 0 Å². The number of hydrogen-bond donors (Lipinski definition) is 1. The second-order valence-corrected chi connectivity index (χ2v) is 3.74. The highest BCUT2D eigenvalue weighted by molar-refractivity contribution is 5.29. The average Bonchev–Trinajstić information content (AvgIpc) is 2.85. The molecule has 0 aliphatic rings. The van der Waals surface area contributed by atoms with Crippen molar-refractivity contribution in [1.82, 2.24) is 20.1 Å². The second-order valence-electron chi connectivity index (χ2n) is 3.74. The van der Waals surface area contributed by atoms with E-state index in [9.17, 15) is 4.39 Å². The minimum Gasteiger partial charge on any atom is -0.313 e. The molecule has 4 nitrogen and oxygen atoms in total. The Kier molecular flexibility index (Phi) is 3.82. The molecule has 0 fully saturated rings. The van der Waals surface area contributed by atoms with E-state index in [2.05, 4.69) is 22.3 Å². The van der Waals surface area contributed by atoms with Crippen LogP contribution in [0, 0.1) is 5.82 Å². The molecule has 5 heteroatoms. The van der Waals surface area contributed by atoms with Gasteiger partial charge in [-0.05, 0) is 25.1 Å². The first-order valence-corrected chi connectivity index (χ1v) is 5.67. The Balaban J connectivity index is 2.21. The lowest BCUT2D eigenvalue weighted by molar-refractivity contribution is 0.567. The Morgan fingerprint density at radius 1 is 1.41 bits per heavy atom. The highest BCUT2D eigenvalue weighted by Crippen LogP contribution is 2.13. The Labute approximate surface area is 99.5 Å². The minimum atomic E-state index is -0.320. The van der Waals surface area contributed by atoms with E-state index in [1.165, 1.54) is 4.68 Å². The third kappa shape index (κ3) is 2.68. The van der Waals surface area contributed by atoms with E-state index in [0.29, 0.717) is 12.1 Å². The van der Waals surface area contributed by atoms with Crippen molar-refractivity contribution in [2.45, 2.75) is 19.9 Å². The van der Waals surface area contributed by atoms with Crippen LogP contribution in [0.2, 0.25) is 0 Å². The van der Waals surface area contributed by atoms with Gasteiger partial charge in [0.1, 0.15) is 0 Å². The smallest absolute Gasteiger partial charge is 0.189 e. The summed E-state index contributed by atoms with van der Waals surface area (Å²) in [7, 11) is 0. The lowest BCUT2D eigenvalue weighted by atomic mass is 10.2. The van der Waals surface area contributed by atoms with E-state index in [1.807, 2.05) is 0 Å². The minimum absolute atomic E-state index is 0.241. The van der Waals surface area contributed by atoms with Gasteiger partial charge in [0, 0.05) is 30.7 Å². The number of halogens is 1. The molecular formula is C12H15FN4. The number of rotatable bonds is 5. The Hall–Kier alpha value is -1.75. The van der Waals surface area contributed by atoms with Crippen molar-refractivity contribution in [1.29, 1.82) is 0 Å². The van der Waals surface area contributed by atoms with E-state index in [1.54, 1.807) is 30.7 Å². The fourth-order valence-corrected chi connectivity index (χ4v) is 1.56. The zero-order valence-corrected chi connectivity index (χ0v) is 9.73. The number of nitrogens with one attached hydrogen (secondary N) is 1. The van der Waals surface area contributed by atoms with E-state index < -0.39 is 0 Å². The van der Waals surface area contributed by atoms with E-state index >= 15 is 0 Å². The maximum atomic E-state index is 14.1. The molecule has 0 saturated heterocycles. The maximum Gasteiger partial charge on any atom is 0.189 e. The van der Waals surface area contributed by atoms with Crippen molar-refractivity contribution in [3.05, 3.63) is 42.1 Å². The summed E-state index contributed by atoms with van der Waals surface area (Å²) in [5.41, 5.74) is 0.610. The molecule has 0 saturated carbocycles. The van der Waals surface area contributed by atoms with Gasteiger partial charge in [0.25, 0.3) is 0 Å². The summed E-state index contributed by atoms with van der Waals surface area (Å²) in [5.74, 6) is -0.0781. The summed E-state index contributed by atoms with van der Waals surface area (Å²) in [6.07, 6.45) is 5.90. The molecule has 0 unspecified atom stereocenters. The van der Waals surface area contributed by atoms with Crippen LogP contribution >= 0.6 is 0 Å². The lowest BCUT2D eigenvalue weighted by Crippen LogP contribution is -2.16. The predicted molar refractivity (Wildman–Crippen MR) is 63.3 cm³/mol. The van der Waals surface area contributed by atoms with Crippen LogP contribution in [0.15, 0.2) is 30.7 Å². The SMILES string of the molecule is CCCNCc1ccnc(-n2cccn2)c1F. The van der Waals surface area contributed by atoms with E-state index in [-0.39, 0.29) is 11.6 Å². The molecule has 0 aliphatic carbocycles. The van der Waals surface area contributed by atoms with Gasteiger partial charge in [-0.1, -0.05) is 6.92 Å². The van der Waals surface area contributed by atoms with Gasteiger partial charge in [-0.15, -0.1) is 0 Å². The van der Waals surface area contributed by atoms with Crippen molar-refractivity contribution in [2.75, 3.05) is 6.54 Å². The first-order chi connectivity index (χ1) is 8.33. The van der Waals surface area contributed by atoms with Crippen molar-refractivity contribution in [3.8, 4) is 5.82 Å². The first kappa shape index (κ1) is 11.7. The molecule has 2 rings (SSSR count). The largest absolute Gasteiger partial charge is 0.313 e. The standard InChI is InChI=1S/C12H15FN4/c1-2-5-14-9-10-4-7-15-12(11(10)13)17-8-3-6-16-17/h3-4,6-8,14H,2,5,9H2,1H3. The van der Waals surface area contributed by atoms with Crippen LogP contribution in [0.25, 0.3) is 5.82 Å². The summed E-state index contributed by atoms with van der Waals surface area (Å²) >= 11 is 0. The van der Waals surface area contributed by atoms with E-state index in [4.69, 9.17) is 0 Å². The summed E-state index contributed by atoms with van der Waals surface area (Å²) in [5, 5.41) is 7.15. The van der Waals surface area contributed by atoms with Gasteiger partial charge in [-0.3, -0.25) is 0 Å². The quantitative estimate of drug-likeness (QED) is 0.803. The first-order valence-electron chi connectivity index (χ1n) is 5.67. The van der Waals surface area contributed by atoms with Crippen LogP contribution in [0.4, 0.5) is 4.39 Å². The average molecular weight is 234 g/mol. The molecule has 17 heavy (non-hydrogen) atoms. The van der Waals surface area contributed by atoms with Crippen LogP contribution in [-0.4, -0.2) is 21.3 Å².